The molecule has 0 spiro atoms. The number of hydrogen-bond acceptors (Lipinski definition) is 10. The molecule has 0 fully saturated rings. The predicted molar refractivity (Wildman–Crippen MR) is 238 cm³/mol. The van der Waals surface area contributed by atoms with Gasteiger partial charge in [-0.15, -0.1) is 15.0 Å². The van der Waals surface area contributed by atoms with Gasteiger partial charge in [-0.3, -0.25) is 0 Å². The van der Waals surface area contributed by atoms with E-state index in [0.29, 0.717) is 18.1 Å². The highest BCUT2D eigenvalue weighted by Gasteiger charge is 2.41. The molecule has 314 valence electrons. The molecule has 6 aromatic rings. The number of halogens is 2. The van der Waals surface area contributed by atoms with Crippen molar-refractivity contribution in [3.8, 4) is 33.6 Å². The minimum Gasteiger partial charge on any atom is -0.472 e. The average Bonchev–Trinajstić information content (AvgIpc) is 3.98. The molecule has 3 heterocycles. The minimum atomic E-state index is -1.26. The van der Waals surface area contributed by atoms with Gasteiger partial charge in [0.15, 0.2) is 16.4 Å². The van der Waals surface area contributed by atoms with Crippen molar-refractivity contribution in [3.05, 3.63) is 177 Å². The van der Waals surface area contributed by atoms with E-state index < -0.39 is 24.0 Å². The second-order valence-electron chi connectivity index (χ2n) is 14.4. The molecule has 1 aliphatic heterocycles. The van der Waals surface area contributed by atoms with Crippen LogP contribution in [0, 0.1) is 0 Å². The number of fused-ring (bicyclic) bond motifs is 1. The largest absolute Gasteiger partial charge is 0.511 e. The van der Waals surface area contributed by atoms with E-state index in [4.69, 9.17) is 45.6 Å². The summed E-state index contributed by atoms with van der Waals surface area (Å²) in [4.78, 5) is 32.3. The van der Waals surface area contributed by atoms with Crippen LogP contribution in [0.1, 0.15) is 72.2 Å². The molecule has 0 N–H and O–H groups in total. The summed E-state index contributed by atoms with van der Waals surface area (Å²) in [5.41, 5.74) is 6.76. The van der Waals surface area contributed by atoms with Gasteiger partial charge in [0.05, 0.1) is 25.7 Å². The van der Waals surface area contributed by atoms with E-state index in [1.54, 1.807) is 28.8 Å². The first-order chi connectivity index (χ1) is 30.3. The average molecular weight is 914 g/mol. The summed E-state index contributed by atoms with van der Waals surface area (Å²) in [6.45, 7) is 5.41. The second-order valence-corrected chi connectivity index (χ2v) is 15.6. The fraction of sp³-hybridized carbons (Fsp3) is 0.208. The van der Waals surface area contributed by atoms with Gasteiger partial charge in [-0.05, 0) is 73.9 Å². The van der Waals surface area contributed by atoms with Gasteiger partial charge in [0.2, 0.25) is 12.1 Å². The highest BCUT2D eigenvalue weighted by atomic mass is 79.9. The van der Waals surface area contributed by atoms with Crippen LogP contribution in [0.2, 0.25) is 5.15 Å². The summed E-state index contributed by atoms with van der Waals surface area (Å²) in [5, 5.41) is 14.8. The first kappa shape index (κ1) is 42.1. The first-order valence-electron chi connectivity index (χ1n) is 20.3. The van der Waals surface area contributed by atoms with Gasteiger partial charge in [0.1, 0.15) is 5.82 Å². The molecule has 1 atom stereocenters. The molecule has 0 saturated heterocycles. The maximum Gasteiger partial charge on any atom is 0.511 e. The molecule has 0 bridgehead atoms. The van der Waals surface area contributed by atoms with E-state index >= 15 is 0 Å². The van der Waals surface area contributed by atoms with Crippen LogP contribution in [0.4, 0.5) is 4.79 Å². The van der Waals surface area contributed by atoms with Crippen LogP contribution in [0.3, 0.4) is 0 Å². The van der Waals surface area contributed by atoms with Crippen molar-refractivity contribution >= 4 is 39.7 Å². The van der Waals surface area contributed by atoms with Crippen LogP contribution in [-0.4, -0.2) is 54.8 Å². The van der Waals surface area contributed by atoms with E-state index in [1.165, 1.54) is 6.92 Å². The Kier molecular flexibility index (Phi) is 12.6. The van der Waals surface area contributed by atoms with Gasteiger partial charge in [0.25, 0.3) is 0 Å². The summed E-state index contributed by atoms with van der Waals surface area (Å²) in [6.07, 6.45) is 3.29. The Balaban J connectivity index is 1.28. The Labute approximate surface area is 371 Å². The van der Waals surface area contributed by atoms with Crippen molar-refractivity contribution in [2.45, 2.75) is 58.4 Å². The Bertz CT molecular complexity index is 2680. The van der Waals surface area contributed by atoms with Gasteiger partial charge in [-0.1, -0.05) is 140 Å². The highest BCUT2D eigenvalue weighted by molar-refractivity contribution is 9.10. The number of aromatic nitrogens is 6. The van der Waals surface area contributed by atoms with Crippen LogP contribution in [0.5, 0.6) is 0 Å². The number of hydrogen-bond donors (Lipinski definition) is 0. The van der Waals surface area contributed by atoms with Crippen molar-refractivity contribution in [1.82, 2.24) is 29.8 Å². The van der Waals surface area contributed by atoms with Gasteiger partial charge in [0, 0.05) is 34.5 Å². The van der Waals surface area contributed by atoms with Crippen molar-refractivity contribution < 1.29 is 28.2 Å². The summed E-state index contributed by atoms with van der Waals surface area (Å²) >= 11 is 10.7. The zero-order valence-corrected chi connectivity index (χ0v) is 36.5. The Morgan fingerprint density at radius 2 is 1.42 bits per heavy atom. The van der Waals surface area contributed by atoms with Gasteiger partial charge < -0.3 is 23.2 Å². The van der Waals surface area contributed by atoms with E-state index in [-0.39, 0.29) is 24.0 Å². The molecular weight excluding hydrogens is 872 g/mol. The number of benzene rings is 4. The smallest absolute Gasteiger partial charge is 0.472 e. The number of tetrazole rings is 1. The number of ether oxygens (including phenoxy) is 3. The third-order valence-corrected chi connectivity index (χ3v) is 11.7. The van der Waals surface area contributed by atoms with Crippen LogP contribution in [0.25, 0.3) is 33.6 Å². The lowest BCUT2D eigenvalue weighted by molar-refractivity contribution is -0.0816. The first-order valence-corrected chi connectivity index (χ1v) is 21.5. The number of imidazole rings is 1. The number of esters is 1. The van der Waals surface area contributed by atoms with Crippen LogP contribution in [-0.2, 0) is 32.7 Å². The Hall–Kier alpha value is -6.57. The maximum atomic E-state index is 13.9. The SMILES string of the molecule is CCCCc1nc(Cl)c(C(=O)OC(C)OC(=O)OCC)n1Cc1c2ccocc-2c(Br)c1-c1ccccc1-c1nnn(C(c2ccccc2)(c2ccccc2)c2ccccc2)n1. The molecule has 0 radical (unpaired) electrons. The minimum absolute atomic E-state index is 0.0195. The van der Waals surface area contributed by atoms with Gasteiger partial charge >= 0.3 is 12.1 Å². The van der Waals surface area contributed by atoms with Crippen LogP contribution >= 0.6 is 27.5 Å². The quantitative estimate of drug-likeness (QED) is 0.0555. The lowest BCUT2D eigenvalue weighted by Gasteiger charge is -2.34. The van der Waals surface area contributed by atoms with Crippen molar-refractivity contribution in [3.63, 3.8) is 0 Å². The third kappa shape index (κ3) is 8.01. The molecule has 2 aliphatic rings. The van der Waals surface area contributed by atoms with Crippen molar-refractivity contribution in [2.75, 3.05) is 6.61 Å². The van der Waals surface area contributed by atoms with E-state index in [1.807, 2.05) is 84.9 Å². The van der Waals surface area contributed by atoms with Crippen LogP contribution < -0.4 is 0 Å². The highest BCUT2D eigenvalue weighted by Crippen LogP contribution is 2.49. The Morgan fingerprint density at radius 3 is 2.03 bits per heavy atom. The normalized spacial score (nSPS) is 12.0. The maximum absolute atomic E-state index is 13.9. The molecule has 0 saturated carbocycles. The van der Waals surface area contributed by atoms with Gasteiger partial charge in [-0.25, -0.2) is 14.6 Å². The molecule has 4 aromatic carbocycles. The molecule has 8 rings (SSSR count). The number of aryl methyl sites for hydroxylation is 1. The Morgan fingerprint density at radius 1 is 0.806 bits per heavy atom. The van der Waals surface area contributed by atoms with E-state index in [9.17, 15) is 9.59 Å². The third-order valence-electron chi connectivity index (χ3n) is 10.7. The molecule has 2 aromatic heterocycles. The summed E-state index contributed by atoms with van der Waals surface area (Å²) < 4.78 is 23.8. The lowest BCUT2D eigenvalue weighted by Crippen LogP contribution is -2.39. The zero-order chi connectivity index (χ0) is 43.2. The second kappa shape index (κ2) is 18.6. The fourth-order valence-corrected chi connectivity index (χ4v) is 8.96. The number of carbonyl (C=O) groups excluding carboxylic acids is 2. The summed E-state index contributed by atoms with van der Waals surface area (Å²) in [5.74, 6) is 0.181. The van der Waals surface area contributed by atoms with E-state index in [2.05, 4.69) is 64.2 Å². The van der Waals surface area contributed by atoms with Crippen molar-refractivity contribution in [1.29, 1.82) is 0 Å². The molecule has 1 unspecified atom stereocenters. The van der Waals surface area contributed by atoms with Crippen LogP contribution in [0.15, 0.2) is 143 Å². The van der Waals surface area contributed by atoms with Crippen molar-refractivity contribution in [2.24, 2.45) is 0 Å². The topological polar surface area (TPSA) is 136 Å². The summed E-state index contributed by atoms with van der Waals surface area (Å²) in [7, 11) is 0. The molecule has 62 heavy (non-hydrogen) atoms. The number of unbranched alkanes of at least 4 members (excludes halogenated alkanes) is 1. The number of carbonyl (C=O) groups is 2. The van der Waals surface area contributed by atoms with E-state index in [0.717, 1.165) is 67.4 Å². The molecular formula is C48H42BrClN6O6. The lowest BCUT2D eigenvalue weighted by atomic mass is 9.77. The predicted octanol–water partition coefficient (Wildman–Crippen LogP) is 11.2. The number of nitrogens with zero attached hydrogens (tertiary/aromatic N) is 6. The molecule has 14 heteroatoms. The van der Waals surface area contributed by atoms with Gasteiger partial charge in [-0.2, -0.15) is 0 Å². The standard InChI is InChI=1S/C48H42BrClN6O6/c1-4-6-26-40-51-44(50)43(46(57)61-31(3)62-47(58)60-5-2)55(40)29-38-35-27-28-59-30-39(35)42(49)41(38)36-24-16-17-25-37(36)45-52-54-56(53-45)48(32-18-10-7-11-19-32,33-20-12-8-13-21-33)34-22-14-9-15-23-34/h7-25,27-28,30-31H,4-6,26,29H2,1-3H3. The molecule has 1 aliphatic carbocycles. The fourth-order valence-electron chi connectivity index (χ4n) is 7.93. The monoisotopic (exact) mass is 912 g/mol. The summed E-state index contributed by atoms with van der Waals surface area (Å²) in [6, 6.07) is 40.3. The molecule has 0 amide bonds. The number of rotatable bonds is 15. The molecule has 12 nitrogen and oxygen atoms in total. The zero-order valence-electron chi connectivity index (χ0n) is 34.2.